The number of methoxy groups -OCH3 is 2. The van der Waals surface area contributed by atoms with Crippen LogP contribution in [0, 0.1) is 5.92 Å². The Hall–Kier alpha value is -1.14. The Morgan fingerprint density at radius 2 is 1.90 bits per heavy atom. The minimum atomic E-state index is -0.472. The summed E-state index contributed by atoms with van der Waals surface area (Å²) in [6.45, 7) is 0.293. The number of carbonyl (C=O) groups excluding carboxylic acids is 1. The van der Waals surface area contributed by atoms with Crippen LogP contribution >= 0.6 is 0 Å². The summed E-state index contributed by atoms with van der Waals surface area (Å²) in [5.74, 6) is 1.01. The van der Waals surface area contributed by atoms with E-state index in [0.29, 0.717) is 6.54 Å². The monoisotopic (exact) mass is 297 g/mol. The average molecular weight is 297 g/mol. The molecule has 0 saturated heterocycles. The van der Waals surface area contributed by atoms with Crippen LogP contribution in [-0.2, 0) is 14.3 Å². The highest BCUT2D eigenvalue weighted by atomic mass is 16.7. The van der Waals surface area contributed by atoms with Crippen molar-refractivity contribution in [3.8, 4) is 0 Å². The van der Waals surface area contributed by atoms with E-state index in [-0.39, 0.29) is 17.9 Å². The summed E-state index contributed by atoms with van der Waals surface area (Å²) in [4.78, 5) is 18.2. The van der Waals surface area contributed by atoms with Crippen LogP contribution in [0.2, 0.25) is 0 Å². The molecule has 1 fully saturated rings. The van der Waals surface area contributed by atoms with Gasteiger partial charge in [-0.3, -0.25) is 9.69 Å². The lowest BCUT2D eigenvalue weighted by atomic mass is 9.85. The van der Waals surface area contributed by atoms with E-state index < -0.39 is 6.29 Å². The Morgan fingerprint density at radius 1 is 1.24 bits per heavy atom. The quantitative estimate of drug-likeness (QED) is 0.722. The summed E-state index contributed by atoms with van der Waals surface area (Å²) in [7, 11) is 3.09. The fraction of sp³-hybridized carbons (Fsp3) is 0.867. The van der Waals surface area contributed by atoms with E-state index in [0.717, 1.165) is 18.8 Å². The van der Waals surface area contributed by atoms with Crippen LogP contribution in [0.15, 0.2) is 4.99 Å². The van der Waals surface area contributed by atoms with E-state index in [2.05, 4.69) is 4.99 Å². The first-order valence-electron chi connectivity index (χ1n) is 7.86. The van der Waals surface area contributed by atoms with Crippen molar-refractivity contribution in [2.75, 3.05) is 20.8 Å². The van der Waals surface area contributed by atoms with Crippen LogP contribution in [0.4, 0.5) is 0 Å². The molecule has 1 saturated carbocycles. The molecule has 1 aliphatic carbocycles. The molecule has 1 aliphatic heterocycles. The van der Waals surface area contributed by atoms with Gasteiger partial charge in [0.1, 0.15) is 6.04 Å². The van der Waals surface area contributed by atoms with Crippen LogP contribution in [-0.4, -0.2) is 49.9 Å². The van der Waals surface area contributed by atoms with Gasteiger partial charge in [-0.15, -0.1) is 0 Å². The van der Waals surface area contributed by atoms with Crippen molar-refractivity contribution in [1.82, 2.24) is 4.90 Å². The normalized spacial score (nSPS) is 24.0. The molecule has 1 amide bonds. The zero-order valence-electron chi connectivity index (χ0n) is 13.1. The smallest absolute Gasteiger partial charge is 0.254 e. The Kier molecular flexibility index (Phi) is 5.99. The first-order chi connectivity index (χ1) is 10.2. The molecule has 0 radical (unpaired) electrons. The predicted molar refractivity (Wildman–Crippen MR) is 80.7 cm³/mol. The van der Waals surface area contributed by atoms with Gasteiger partial charge in [0, 0.05) is 14.2 Å². The van der Waals surface area contributed by atoms with Crippen LogP contribution in [0.25, 0.3) is 0 Å². The number of nitrogens with zero attached hydrogens (tertiary/aromatic N) is 2. The topological polar surface area (TPSA) is 77.2 Å². The summed E-state index contributed by atoms with van der Waals surface area (Å²) in [5.41, 5.74) is 5.87. The molecule has 1 heterocycles. The van der Waals surface area contributed by atoms with E-state index in [9.17, 15) is 4.79 Å². The molecule has 0 aromatic rings. The van der Waals surface area contributed by atoms with E-state index in [1.165, 1.54) is 37.0 Å². The minimum absolute atomic E-state index is 0.0255. The van der Waals surface area contributed by atoms with Crippen LogP contribution in [0.5, 0.6) is 0 Å². The molecule has 21 heavy (non-hydrogen) atoms. The number of hydrogen-bond donors (Lipinski definition) is 1. The van der Waals surface area contributed by atoms with Gasteiger partial charge in [0.15, 0.2) is 12.2 Å². The molecule has 6 heteroatoms. The Balaban J connectivity index is 1.83. The van der Waals surface area contributed by atoms with Crippen molar-refractivity contribution >= 4 is 11.9 Å². The second kappa shape index (κ2) is 7.75. The van der Waals surface area contributed by atoms with Crippen LogP contribution < -0.4 is 5.73 Å². The fourth-order valence-electron chi connectivity index (χ4n) is 3.21. The van der Waals surface area contributed by atoms with Gasteiger partial charge in [0.25, 0.3) is 5.91 Å². The van der Waals surface area contributed by atoms with Gasteiger partial charge in [0.2, 0.25) is 0 Å². The zero-order chi connectivity index (χ0) is 15.2. The highest BCUT2D eigenvalue weighted by molar-refractivity contribution is 6.04. The third-order valence-corrected chi connectivity index (χ3v) is 4.55. The molecule has 0 aromatic heterocycles. The van der Waals surface area contributed by atoms with Crippen molar-refractivity contribution in [3.05, 3.63) is 0 Å². The second-order valence-electron chi connectivity index (χ2n) is 5.93. The van der Waals surface area contributed by atoms with Gasteiger partial charge in [-0.25, -0.2) is 4.99 Å². The van der Waals surface area contributed by atoms with Crippen molar-refractivity contribution in [2.45, 2.75) is 57.3 Å². The molecule has 0 bridgehead atoms. The molecule has 1 unspecified atom stereocenters. The Bertz CT molecular complexity index is 376. The molecule has 2 N–H and O–H groups in total. The number of amides is 1. The van der Waals surface area contributed by atoms with E-state index >= 15 is 0 Å². The van der Waals surface area contributed by atoms with E-state index in [4.69, 9.17) is 15.2 Å². The summed E-state index contributed by atoms with van der Waals surface area (Å²) < 4.78 is 10.2. The van der Waals surface area contributed by atoms with E-state index in [1.54, 1.807) is 14.2 Å². The standard InChI is InChI=1S/C15H27N3O3/c1-20-13(21-2)10-18-14(19)12(17-15(18)16)9-8-11-6-4-3-5-7-11/h11-13H,3-10H2,1-2H3,(H2,16,17). The maximum atomic E-state index is 12.4. The molecule has 1 atom stereocenters. The molecule has 0 spiro atoms. The molecule has 2 aliphatic rings. The summed E-state index contributed by atoms with van der Waals surface area (Å²) >= 11 is 0. The molecular weight excluding hydrogens is 270 g/mol. The number of guanidine groups is 1. The number of hydrogen-bond acceptors (Lipinski definition) is 5. The number of ether oxygens (including phenoxy) is 2. The van der Waals surface area contributed by atoms with Gasteiger partial charge in [-0.1, -0.05) is 32.1 Å². The van der Waals surface area contributed by atoms with Gasteiger partial charge in [-0.05, 0) is 18.8 Å². The van der Waals surface area contributed by atoms with Gasteiger partial charge in [-0.2, -0.15) is 0 Å². The first kappa shape index (κ1) is 16.2. The maximum Gasteiger partial charge on any atom is 0.254 e. The SMILES string of the molecule is COC(CN1C(=O)C(CCC2CCCCC2)N=C1N)OC. The number of aliphatic imine (C=N–C) groups is 1. The third kappa shape index (κ3) is 4.17. The lowest BCUT2D eigenvalue weighted by molar-refractivity contribution is -0.138. The molecule has 6 nitrogen and oxygen atoms in total. The largest absolute Gasteiger partial charge is 0.369 e. The van der Waals surface area contributed by atoms with Gasteiger partial charge in [0.05, 0.1) is 6.54 Å². The fourth-order valence-corrected chi connectivity index (χ4v) is 3.21. The van der Waals surface area contributed by atoms with E-state index in [1.807, 2.05) is 0 Å². The van der Waals surface area contributed by atoms with Crippen LogP contribution in [0.3, 0.4) is 0 Å². The van der Waals surface area contributed by atoms with Crippen LogP contribution in [0.1, 0.15) is 44.9 Å². The minimum Gasteiger partial charge on any atom is -0.369 e. The van der Waals surface area contributed by atoms with Gasteiger partial charge < -0.3 is 15.2 Å². The summed E-state index contributed by atoms with van der Waals surface area (Å²) in [6.07, 6.45) is 7.98. The van der Waals surface area contributed by atoms with Crippen molar-refractivity contribution < 1.29 is 14.3 Å². The average Bonchev–Trinajstić information content (AvgIpc) is 2.78. The predicted octanol–water partition coefficient (Wildman–Crippen LogP) is 1.49. The van der Waals surface area contributed by atoms with Crippen molar-refractivity contribution in [2.24, 2.45) is 16.6 Å². The Morgan fingerprint density at radius 3 is 2.52 bits per heavy atom. The second-order valence-corrected chi connectivity index (χ2v) is 5.93. The van der Waals surface area contributed by atoms with Crippen molar-refractivity contribution in [3.63, 3.8) is 0 Å². The summed E-state index contributed by atoms with van der Waals surface area (Å²) in [5, 5.41) is 0. The molecule has 2 rings (SSSR count). The van der Waals surface area contributed by atoms with Crippen molar-refractivity contribution in [1.29, 1.82) is 0 Å². The summed E-state index contributed by atoms with van der Waals surface area (Å²) in [6, 6.07) is -0.318. The highest BCUT2D eigenvalue weighted by Gasteiger charge is 2.34. The molecule has 120 valence electrons. The highest BCUT2D eigenvalue weighted by Crippen LogP contribution is 2.29. The Labute approximate surface area is 126 Å². The molecular formula is C15H27N3O3. The lowest BCUT2D eigenvalue weighted by Crippen LogP contribution is -2.44. The first-order valence-corrected chi connectivity index (χ1v) is 7.86. The number of nitrogens with two attached hydrogens (primary N) is 1. The number of carbonyl (C=O) groups is 1. The number of rotatable bonds is 7. The third-order valence-electron chi connectivity index (χ3n) is 4.55. The maximum absolute atomic E-state index is 12.4. The zero-order valence-corrected chi connectivity index (χ0v) is 13.1. The van der Waals surface area contributed by atoms with Gasteiger partial charge >= 0.3 is 0 Å². The molecule has 0 aromatic carbocycles. The lowest BCUT2D eigenvalue weighted by Gasteiger charge is -2.23.